The number of methoxy groups -OCH3 is 1. The fourth-order valence-electron chi connectivity index (χ4n) is 3.46. The molecule has 0 bridgehead atoms. The Labute approximate surface area is 174 Å². The van der Waals surface area contributed by atoms with Gasteiger partial charge in [-0.25, -0.2) is 0 Å². The molecule has 1 aliphatic heterocycles. The summed E-state index contributed by atoms with van der Waals surface area (Å²) in [5.41, 5.74) is 3.07. The van der Waals surface area contributed by atoms with Gasteiger partial charge in [0.25, 0.3) is 5.91 Å². The number of nitrogens with one attached hydrogen (secondary N) is 1. The maximum Gasteiger partial charge on any atom is 0.259 e. The van der Waals surface area contributed by atoms with Crippen LogP contribution in [0.5, 0.6) is 5.75 Å². The summed E-state index contributed by atoms with van der Waals surface area (Å²) in [4.78, 5) is 15.1. The molecule has 2 aromatic carbocycles. The number of ether oxygens (including phenoxy) is 1. The Morgan fingerprint density at radius 2 is 1.96 bits per heavy atom. The molecular formula is C21H24BrClN2O2. The normalized spacial score (nSPS) is 14.9. The van der Waals surface area contributed by atoms with E-state index in [1.54, 1.807) is 13.2 Å². The van der Waals surface area contributed by atoms with Crippen LogP contribution in [0.25, 0.3) is 0 Å². The Kier molecular flexibility index (Phi) is 6.33. The van der Waals surface area contributed by atoms with E-state index >= 15 is 0 Å². The van der Waals surface area contributed by atoms with E-state index in [9.17, 15) is 4.79 Å². The highest BCUT2D eigenvalue weighted by Gasteiger charge is 2.19. The first-order valence-corrected chi connectivity index (χ1v) is 10.3. The van der Waals surface area contributed by atoms with E-state index in [1.807, 2.05) is 31.2 Å². The van der Waals surface area contributed by atoms with Gasteiger partial charge in [-0.1, -0.05) is 34.5 Å². The number of anilines is 2. The molecule has 4 nitrogen and oxygen atoms in total. The maximum atomic E-state index is 12.8. The molecule has 0 atom stereocenters. The van der Waals surface area contributed by atoms with Crippen LogP contribution in [0.2, 0.25) is 5.02 Å². The van der Waals surface area contributed by atoms with E-state index in [0.717, 1.165) is 34.7 Å². The number of benzene rings is 2. The number of aryl methyl sites for hydroxylation is 1. The van der Waals surface area contributed by atoms with E-state index in [-0.39, 0.29) is 5.91 Å². The summed E-state index contributed by atoms with van der Waals surface area (Å²) in [6.07, 6.45) is 2.35. The molecule has 1 fully saturated rings. The van der Waals surface area contributed by atoms with Crippen molar-refractivity contribution in [3.63, 3.8) is 0 Å². The first-order valence-electron chi connectivity index (χ1n) is 9.09. The van der Waals surface area contributed by atoms with Crippen LogP contribution in [0.4, 0.5) is 11.4 Å². The molecule has 1 saturated heterocycles. The highest BCUT2D eigenvalue weighted by Crippen LogP contribution is 2.33. The molecule has 6 heteroatoms. The summed E-state index contributed by atoms with van der Waals surface area (Å²) in [6.45, 7) is 6.23. The van der Waals surface area contributed by atoms with Crippen LogP contribution in [0.15, 0.2) is 34.8 Å². The highest BCUT2D eigenvalue weighted by molar-refractivity contribution is 9.10. The van der Waals surface area contributed by atoms with E-state index < -0.39 is 0 Å². The third kappa shape index (κ3) is 4.58. The van der Waals surface area contributed by atoms with Gasteiger partial charge >= 0.3 is 0 Å². The zero-order chi connectivity index (χ0) is 19.6. The van der Waals surface area contributed by atoms with E-state index in [4.69, 9.17) is 16.3 Å². The van der Waals surface area contributed by atoms with Crippen LogP contribution in [0.3, 0.4) is 0 Å². The maximum absolute atomic E-state index is 12.8. The number of hydrogen-bond acceptors (Lipinski definition) is 3. The molecule has 3 rings (SSSR count). The van der Waals surface area contributed by atoms with Crippen LogP contribution in [-0.4, -0.2) is 26.1 Å². The van der Waals surface area contributed by atoms with Crippen molar-refractivity contribution in [1.29, 1.82) is 0 Å². The van der Waals surface area contributed by atoms with Crippen LogP contribution < -0.4 is 15.0 Å². The quantitative estimate of drug-likeness (QED) is 0.628. The second kappa shape index (κ2) is 8.53. The Balaban J connectivity index is 1.79. The number of hydrogen-bond donors (Lipinski definition) is 1. The van der Waals surface area contributed by atoms with Crippen LogP contribution in [-0.2, 0) is 0 Å². The fourth-order valence-corrected chi connectivity index (χ4v) is 4.33. The highest BCUT2D eigenvalue weighted by atomic mass is 79.9. The van der Waals surface area contributed by atoms with Crippen molar-refractivity contribution in [2.45, 2.75) is 26.7 Å². The Morgan fingerprint density at radius 1 is 1.26 bits per heavy atom. The lowest BCUT2D eigenvalue weighted by atomic mass is 9.99. The molecule has 27 heavy (non-hydrogen) atoms. The van der Waals surface area contributed by atoms with E-state index in [1.165, 1.54) is 12.8 Å². The van der Waals surface area contributed by atoms with E-state index in [0.29, 0.717) is 22.0 Å². The summed E-state index contributed by atoms with van der Waals surface area (Å²) in [7, 11) is 1.57. The first kappa shape index (κ1) is 20.0. The van der Waals surface area contributed by atoms with Gasteiger partial charge in [-0.15, -0.1) is 0 Å². The molecule has 0 spiro atoms. The third-order valence-electron chi connectivity index (χ3n) is 5.02. The number of carbonyl (C=O) groups excluding carboxylic acids is 1. The molecule has 1 aliphatic rings. The number of nitrogens with zero attached hydrogens (tertiary/aromatic N) is 1. The van der Waals surface area contributed by atoms with Crippen molar-refractivity contribution < 1.29 is 9.53 Å². The molecule has 0 saturated carbocycles. The fraction of sp³-hybridized carbons (Fsp3) is 0.381. The zero-order valence-electron chi connectivity index (χ0n) is 15.8. The predicted octanol–water partition coefficient (Wildman–Crippen LogP) is 5.91. The van der Waals surface area contributed by atoms with Crippen LogP contribution in [0, 0.1) is 12.8 Å². The summed E-state index contributed by atoms with van der Waals surface area (Å²) in [6, 6.07) is 9.36. The molecule has 1 N–H and O–H groups in total. The van der Waals surface area contributed by atoms with Gasteiger partial charge in [-0.2, -0.15) is 0 Å². The molecule has 0 radical (unpaired) electrons. The molecule has 1 heterocycles. The average Bonchev–Trinajstić information content (AvgIpc) is 2.62. The topological polar surface area (TPSA) is 41.6 Å². The largest absolute Gasteiger partial charge is 0.496 e. The molecule has 144 valence electrons. The Bertz CT molecular complexity index is 848. The van der Waals surface area contributed by atoms with Gasteiger partial charge in [-0.05, 0) is 61.6 Å². The van der Waals surface area contributed by atoms with Crippen molar-refractivity contribution in [3.8, 4) is 5.75 Å². The summed E-state index contributed by atoms with van der Waals surface area (Å²) in [5.74, 6) is 1.11. The van der Waals surface area contributed by atoms with Crippen LogP contribution >= 0.6 is 27.5 Å². The van der Waals surface area contributed by atoms with Crippen molar-refractivity contribution in [2.24, 2.45) is 5.92 Å². The van der Waals surface area contributed by atoms with Crippen molar-refractivity contribution in [3.05, 3.63) is 51.0 Å². The summed E-state index contributed by atoms with van der Waals surface area (Å²) < 4.78 is 6.24. The summed E-state index contributed by atoms with van der Waals surface area (Å²) >= 11 is 9.95. The lowest BCUT2D eigenvalue weighted by molar-refractivity contribution is 0.102. The zero-order valence-corrected chi connectivity index (χ0v) is 18.2. The standard InChI is InChI=1S/C21H24BrClN2O2/c1-13-6-8-25(9-7-13)19-5-4-16(12-18(19)23)24-21(26)17-11-15(22)10-14(2)20(17)27-3/h4-5,10-13H,6-9H2,1-3H3,(H,24,26). The average molecular weight is 452 g/mol. The monoisotopic (exact) mass is 450 g/mol. The van der Waals surface area contributed by atoms with Gasteiger partial charge in [0.2, 0.25) is 0 Å². The number of amides is 1. The second-order valence-electron chi connectivity index (χ2n) is 7.09. The smallest absolute Gasteiger partial charge is 0.259 e. The van der Waals surface area contributed by atoms with Gasteiger partial charge in [0.1, 0.15) is 5.75 Å². The number of rotatable bonds is 4. The van der Waals surface area contributed by atoms with Crippen LogP contribution in [0.1, 0.15) is 35.7 Å². The minimum Gasteiger partial charge on any atom is -0.496 e. The second-order valence-corrected chi connectivity index (χ2v) is 8.42. The number of carbonyl (C=O) groups is 1. The molecule has 0 unspecified atom stereocenters. The van der Waals surface area contributed by atoms with Crippen molar-refractivity contribution in [2.75, 3.05) is 30.4 Å². The van der Waals surface area contributed by atoms with E-state index in [2.05, 4.69) is 33.1 Å². The number of halogens is 2. The molecule has 0 aromatic heterocycles. The van der Waals surface area contributed by atoms with Gasteiger partial charge in [0.05, 0.1) is 23.4 Å². The third-order valence-corrected chi connectivity index (χ3v) is 5.78. The van der Waals surface area contributed by atoms with Gasteiger partial charge in [-0.3, -0.25) is 4.79 Å². The minimum absolute atomic E-state index is 0.230. The van der Waals surface area contributed by atoms with Gasteiger partial charge in [0.15, 0.2) is 0 Å². The van der Waals surface area contributed by atoms with Gasteiger partial charge in [0, 0.05) is 23.2 Å². The minimum atomic E-state index is -0.230. The molecular weight excluding hydrogens is 428 g/mol. The van der Waals surface area contributed by atoms with Crippen molar-refractivity contribution in [1.82, 2.24) is 0 Å². The van der Waals surface area contributed by atoms with Crippen molar-refractivity contribution >= 4 is 44.8 Å². The lowest BCUT2D eigenvalue weighted by Gasteiger charge is -2.32. The van der Waals surface area contributed by atoms with Gasteiger partial charge < -0.3 is 15.0 Å². The summed E-state index contributed by atoms with van der Waals surface area (Å²) in [5, 5.41) is 3.58. The predicted molar refractivity (Wildman–Crippen MR) is 115 cm³/mol. The SMILES string of the molecule is COc1c(C)cc(Br)cc1C(=O)Nc1ccc(N2CCC(C)CC2)c(Cl)c1. The Morgan fingerprint density at radius 3 is 2.59 bits per heavy atom. The number of piperidine rings is 1. The molecule has 2 aromatic rings. The molecule has 1 amide bonds. The first-order chi connectivity index (χ1) is 12.9. The Hall–Kier alpha value is -1.72. The molecule has 0 aliphatic carbocycles. The lowest BCUT2D eigenvalue weighted by Crippen LogP contribution is -2.32.